The molecule has 0 heterocycles. The molecule has 0 fully saturated rings. The molecule has 1 aliphatic carbocycles. The van der Waals surface area contributed by atoms with Gasteiger partial charge in [-0.1, -0.05) is 29.3 Å². The topological polar surface area (TPSA) is 20.2 Å². The van der Waals surface area contributed by atoms with Gasteiger partial charge in [-0.2, -0.15) is 0 Å². The summed E-state index contributed by atoms with van der Waals surface area (Å²) < 4.78 is 1.05. The summed E-state index contributed by atoms with van der Waals surface area (Å²) in [6.07, 6.45) is 6.76. The van der Waals surface area contributed by atoms with Crippen LogP contribution in [0, 0.1) is 6.42 Å². The summed E-state index contributed by atoms with van der Waals surface area (Å²) in [5, 5.41) is 9.42. The summed E-state index contributed by atoms with van der Waals surface area (Å²) in [6, 6.07) is 0. The molecule has 61 valence electrons. The maximum Gasteiger partial charge on any atom is 0.115 e. The molecule has 0 bridgehead atoms. The van der Waals surface area contributed by atoms with Gasteiger partial charge in [-0.05, 0) is 18.9 Å². The Morgan fingerprint density at radius 1 is 1.64 bits per heavy atom. The Bertz CT molecular complexity index is 204. The van der Waals surface area contributed by atoms with E-state index >= 15 is 0 Å². The molecule has 0 aromatic carbocycles. The van der Waals surface area contributed by atoms with E-state index in [0.29, 0.717) is 5.76 Å². The van der Waals surface area contributed by atoms with Gasteiger partial charge in [0.2, 0.25) is 0 Å². The van der Waals surface area contributed by atoms with Crippen LogP contribution in [-0.4, -0.2) is 5.11 Å². The average molecular weight is 216 g/mol. The van der Waals surface area contributed by atoms with Gasteiger partial charge >= 0.3 is 0 Å². The van der Waals surface area contributed by atoms with E-state index in [-0.39, 0.29) is 0 Å². The van der Waals surface area contributed by atoms with Crippen molar-refractivity contribution in [1.29, 1.82) is 0 Å². The minimum absolute atomic E-state index is 0.446. The van der Waals surface area contributed by atoms with Crippen molar-refractivity contribution in [2.75, 3.05) is 0 Å². The number of aliphatic hydroxyl groups excluding tert-OH is 1. The molecule has 11 heavy (non-hydrogen) atoms. The second kappa shape index (κ2) is 3.96. The van der Waals surface area contributed by atoms with Crippen LogP contribution in [0.1, 0.15) is 26.2 Å². The number of allylic oxidation sites excluding steroid dienone is 3. The lowest BCUT2D eigenvalue weighted by Crippen LogP contribution is -1.97. The first-order valence-electron chi connectivity index (χ1n) is 3.87. The zero-order chi connectivity index (χ0) is 8.27. The Kier molecular flexibility index (Phi) is 3.18. The minimum atomic E-state index is 0.446. The third-order valence-corrected chi connectivity index (χ3v) is 2.51. The van der Waals surface area contributed by atoms with E-state index < -0.39 is 0 Å². The van der Waals surface area contributed by atoms with E-state index in [9.17, 15) is 5.11 Å². The Morgan fingerprint density at radius 2 is 2.36 bits per heavy atom. The normalized spacial score (nSPS) is 18.5. The number of hydrogen-bond acceptors (Lipinski definition) is 1. The summed E-state index contributed by atoms with van der Waals surface area (Å²) >= 11 is 3.42. The van der Waals surface area contributed by atoms with Crippen LogP contribution >= 0.6 is 15.9 Å². The molecule has 0 amide bonds. The van der Waals surface area contributed by atoms with Crippen LogP contribution in [0.25, 0.3) is 0 Å². The Labute approximate surface area is 75.9 Å². The molecule has 0 saturated heterocycles. The zero-order valence-electron chi connectivity index (χ0n) is 6.60. The van der Waals surface area contributed by atoms with Crippen molar-refractivity contribution in [1.82, 2.24) is 0 Å². The van der Waals surface area contributed by atoms with Crippen molar-refractivity contribution < 1.29 is 5.11 Å². The smallest absolute Gasteiger partial charge is 0.115 e. The Morgan fingerprint density at radius 3 is 2.91 bits per heavy atom. The Hall–Kier alpha value is -0.240. The predicted octanol–water partition coefficient (Wildman–Crippen LogP) is 3.49. The van der Waals surface area contributed by atoms with Crippen LogP contribution in [0.5, 0.6) is 0 Å². The molecule has 1 rings (SSSR count). The highest BCUT2D eigenvalue weighted by Crippen LogP contribution is 2.29. The van der Waals surface area contributed by atoms with Crippen LogP contribution in [-0.2, 0) is 0 Å². The average Bonchev–Trinajstić information content (AvgIpc) is 1.97. The minimum Gasteiger partial charge on any atom is -0.508 e. The van der Waals surface area contributed by atoms with Gasteiger partial charge in [-0.25, -0.2) is 0 Å². The fourth-order valence-electron chi connectivity index (χ4n) is 1.14. The van der Waals surface area contributed by atoms with Gasteiger partial charge in [-0.15, -0.1) is 0 Å². The highest BCUT2D eigenvalue weighted by atomic mass is 79.9. The van der Waals surface area contributed by atoms with Crippen LogP contribution in [0.3, 0.4) is 0 Å². The first-order chi connectivity index (χ1) is 5.25. The van der Waals surface area contributed by atoms with Crippen molar-refractivity contribution in [2.24, 2.45) is 0 Å². The SMILES string of the molecule is CCCC1=C(Br)[CH]CC=C1O. The Balaban J connectivity index is 2.76. The molecular weight excluding hydrogens is 204 g/mol. The van der Waals surface area contributed by atoms with Gasteiger partial charge in [-0.3, -0.25) is 0 Å². The summed E-state index contributed by atoms with van der Waals surface area (Å²) in [4.78, 5) is 0. The van der Waals surface area contributed by atoms with Gasteiger partial charge in [0.25, 0.3) is 0 Å². The molecule has 0 spiro atoms. The van der Waals surface area contributed by atoms with E-state index in [1.165, 1.54) is 0 Å². The van der Waals surface area contributed by atoms with E-state index in [0.717, 1.165) is 29.3 Å². The van der Waals surface area contributed by atoms with Gasteiger partial charge in [0, 0.05) is 16.5 Å². The van der Waals surface area contributed by atoms with E-state index in [1.807, 2.05) is 6.08 Å². The summed E-state index contributed by atoms with van der Waals surface area (Å²) in [5.41, 5.74) is 1.04. The maximum absolute atomic E-state index is 9.42. The summed E-state index contributed by atoms with van der Waals surface area (Å²) in [6.45, 7) is 2.11. The van der Waals surface area contributed by atoms with Crippen molar-refractivity contribution in [3.63, 3.8) is 0 Å². The molecule has 1 N–H and O–H groups in total. The second-order valence-electron chi connectivity index (χ2n) is 2.61. The first kappa shape index (κ1) is 8.85. The molecule has 1 nitrogen and oxygen atoms in total. The van der Waals surface area contributed by atoms with E-state index in [1.54, 1.807) is 0 Å². The van der Waals surface area contributed by atoms with Crippen molar-refractivity contribution in [3.8, 4) is 0 Å². The molecule has 1 aliphatic rings. The van der Waals surface area contributed by atoms with Gasteiger partial charge in [0.15, 0.2) is 0 Å². The quantitative estimate of drug-likeness (QED) is 0.749. The molecule has 2 heteroatoms. The van der Waals surface area contributed by atoms with Crippen molar-refractivity contribution in [2.45, 2.75) is 26.2 Å². The molecule has 0 atom stereocenters. The lowest BCUT2D eigenvalue weighted by atomic mass is 10.0. The first-order valence-corrected chi connectivity index (χ1v) is 4.66. The van der Waals surface area contributed by atoms with Crippen LogP contribution in [0.4, 0.5) is 0 Å². The number of aliphatic hydroxyl groups is 1. The third kappa shape index (κ3) is 2.09. The zero-order valence-corrected chi connectivity index (χ0v) is 8.19. The van der Waals surface area contributed by atoms with Gasteiger partial charge in [0.05, 0.1) is 0 Å². The molecule has 0 aromatic heterocycles. The second-order valence-corrected chi connectivity index (χ2v) is 3.46. The molecule has 0 aromatic rings. The van der Waals surface area contributed by atoms with Gasteiger partial charge in [0.1, 0.15) is 5.76 Å². The molecule has 0 aliphatic heterocycles. The number of halogens is 1. The molecule has 1 radical (unpaired) electrons. The molecule has 0 unspecified atom stereocenters. The van der Waals surface area contributed by atoms with Crippen LogP contribution in [0.2, 0.25) is 0 Å². The van der Waals surface area contributed by atoms with E-state index in [4.69, 9.17) is 0 Å². The highest BCUT2D eigenvalue weighted by Gasteiger charge is 2.11. The maximum atomic E-state index is 9.42. The molecule has 0 saturated carbocycles. The standard InChI is InChI=1S/C9H12BrO/c1-2-4-7-8(10)5-3-6-9(7)11/h5-6,11H,2-4H2,1H3. The fraction of sp³-hybridized carbons (Fsp3) is 0.444. The van der Waals surface area contributed by atoms with E-state index in [2.05, 4.69) is 29.3 Å². The number of rotatable bonds is 2. The van der Waals surface area contributed by atoms with Crippen molar-refractivity contribution >= 4 is 15.9 Å². The van der Waals surface area contributed by atoms with Crippen LogP contribution in [0.15, 0.2) is 21.9 Å². The molecular formula is C9H12BrO. The number of hydrogen-bond donors (Lipinski definition) is 1. The lowest BCUT2D eigenvalue weighted by Gasteiger charge is -2.13. The summed E-state index contributed by atoms with van der Waals surface area (Å²) in [5.74, 6) is 0.446. The largest absolute Gasteiger partial charge is 0.508 e. The summed E-state index contributed by atoms with van der Waals surface area (Å²) in [7, 11) is 0. The van der Waals surface area contributed by atoms with Gasteiger partial charge < -0.3 is 5.11 Å². The van der Waals surface area contributed by atoms with Crippen LogP contribution < -0.4 is 0 Å². The monoisotopic (exact) mass is 215 g/mol. The van der Waals surface area contributed by atoms with Crippen molar-refractivity contribution in [3.05, 3.63) is 28.3 Å². The fourth-order valence-corrected chi connectivity index (χ4v) is 1.73. The third-order valence-electron chi connectivity index (χ3n) is 1.71. The highest BCUT2D eigenvalue weighted by molar-refractivity contribution is 9.11. The lowest BCUT2D eigenvalue weighted by molar-refractivity contribution is 0.414. The predicted molar refractivity (Wildman–Crippen MR) is 50.5 cm³/mol.